The molecule has 0 atom stereocenters. The summed E-state index contributed by atoms with van der Waals surface area (Å²) >= 11 is 0. The van der Waals surface area contributed by atoms with E-state index in [1.54, 1.807) is 7.05 Å². The number of hydrogen-bond donors (Lipinski definition) is 2. The van der Waals surface area contributed by atoms with Crippen molar-refractivity contribution in [3.8, 4) is 0 Å². The summed E-state index contributed by atoms with van der Waals surface area (Å²) in [6.07, 6.45) is 3.70. The molecule has 23 heavy (non-hydrogen) atoms. The second-order valence-electron chi connectivity index (χ2n) is 5.24. The van der Waals surface area contributed by atoms with E-state index >= 15 is 0 Å². The van der Waals surface area contributed by atoms with Crippen molar-refractivity contribution in [3.63, 3.8) is 0 Å². The van der Waals surface area contributed by atoms with Crippen LogP contribution in [0.3, 0.4) is 0 Å². The molecule has 124 valence electrons. The molecule has 1 heterocycles. The first kappa shape index (κ1) is 19.4. The van der Waals surface area contributed by atoms with Crippen molar-refractivity contribution in [2.75, 3.05) is 20.1 Å². The molecule has 0 saturated carbocycles. The predicted molar refractivity (Wildman–Crippen MR) is 108 cm³/mol. The summed E-state index contributed by atoms with van der Waals surface area (Å²) in [7, 11) is 1.79. The standard InChI is InChI=1S/C18H24N4.HI/c1-15-6-5-7-16(14-15)9-12-21-18(19-2)22-13-10-17-8-3-4-11-20-17;/h3-8,11,14H,9-10,12-13H2,1-2H3,(H2,19,21,22);1H. The van der Waals surface area contributed by atoms with Crippen LogP contribution in [0.1, 0.15) is 16.8 Å². The maximum absolute atomic E-state index is 4.31. The van der Waals surface area contributed by atoms with E-state index in [1.165, 1.54) is 11.1 Å². The van der Waals surface area contributed by atoms with Crippen molar-refractivity contribution in [1.29, 1.82) is 0 Å². The lowest BCUT2D eigenvalue weighted by Gasteiger charge is -2.12. The Balaban J connectivity index is 0.00000264. The van der Waals surface area contributed by atoms with Gasteiger partial charge in [0, 0.05) is 38.4 Å². The van der Waals surface area contributed by atoms with Crippen molar-refractivity contribution in [3.05, 3.63) is 65.5 Å². The summed E-state index contributed by atoms with van der Waals surface area (Å²) in [6, 6.07) is 14.6. The fourth-order valence-electron chi connectivity index (χ4n) is 2.27. The summed E-state index contributed by atoms with van der Waals surface area (Å²) in [6.45, 7) is 3.81. The minimum Gasteiger partial charge on any atom is -0.356 e. The smallest absolute Gasteiger partial charge is 0.190 e. The van der Waals surface area contributed by atoms with Crippen molar-refractivity contribution in [2.24, 2.45) is 4.99 Å². The number of aromatic nitrogens is 1. The minimum atomic E-state index is 0. The Morgan fingerprint density at radius 2 is 1.83 bits per heavy atom. The maximum atomic E-state index is 4.31. The Labute approximate surface area is 155 Å². The molecule has 0 radical (unpaired) electrons. The molecular weight excluding hydrogens is 399 g/mol. The highest BCUT2D eigenvalue weighted by molar-refractivity contribution is 14.0. The van der Waals surface area contributed by atoms with Gasteiger partial charge in [0.05, 0.1) is 0 Å². The zero-order valence-electron chi connectivity index (χ0n) is 13.7. The van der Waals surface area contributed by atoms with Crippen LogP contribution in [0.4, 0.5) is 0 Å². The van der Waals surface area contributed by atoms with Gasteiger partial charge in [-0.05, 0) is 31.0 Å². The normalized spacial score (nSPS) is 10.8. The van der Waals surface area contributed by atoms with E-state index in [9.17, 15) is 0 Å². The molecule has 0 fully saturated rings. The van der Waals surface area contributed by atoms with Gasteiger partial charge in [-0.3, -0.25) is 9.98 Å². The van der Waals surface area contributed by atoms with Crippen LogP contribution in [0.2, 0.25) is 0 Å². The van der Waals surface area contributed by atoms with Crippen molar-refractivity contribution in [1.82, 2.24) is 15.6 Å². The van der Waals surface area contributed by atoms with Gasteiger partial charge in [0.1, 0.15) is 0 Å². The molecule has 2 rings (SSSR count). The SMILES string of the molecule is CN=C(NCCc1cccc(C)c1)NCCc1ccccn1.I. The number of aryl methyl sites for hydroxylation is 1. The van der Waals surface area contributed by atoms with Crippen LogP contribution < -0.4 is 10.6 Å². The van der Waals surface area contributed by atoms with E-state index in [0.717, 1.165) is 37.6 Å². The molecule has 0 aliphatic heterocycles. The molecule has 1 aromatic heterocycles. The minimum absolute atomic E-state index is 0. The Morgan fingerprint density at radius 3 is 2.48 bits per heavy atom. The van der Waals surface area contributed by atoms with Gasteiger partial charge >= 0.3 is 0 Å². The van der Waals surface area contributed by atoms with Crippen LogP contribution in [0.25, 0.3) is 0 Å². The molecule has 0 unspecified atom stereocenters. The van der Waals surface area contributed by atoms with Gasteiger partial charge in [-0.15, -0.1) is 24.0 Å². The first-order valence-corrected chi connectivity index (χ1v) is 7.68. The second kappa shape index (κ2) is 11.0. The quantitative estimate of drug-likeness (QED) is 0.426. The molecule has 2 aromatic rings. The van der Waals surface area contributed by atoms with Crippen LogP contribution in [0, 0.1) is 6.92 Å². The first-order chi connectivity index (χ1) is 10.8. The molecule has 0 aliphatic rings. The van der Waals surface area contributed by atoms with E-state index in [2.05, 4.69) is 51.8 Å². The molecule has 4 nitrogen and oxygen atoms in total. The van der Waals surface area contributed by atoms with Gasteiger partial charge < -0.3 is 10.6 Å². The first-order valence-electron chi connectivity index (χ1n) is 7.68. The van der Waals surface area contributed by atoms with Crippen molar-refractivity contribution in [2.45, 2.75) is 19.8 Å². The van der Waals surface area contributed by atoms with E-state index in [1.807, 2.05) is 24.4 Å². The molecular formula is C18H25IN4. The van der Waals surface area contributed by atoms with E-state index < -0.39 is 0 Å². The summed E-state index contributed by atoms with van der Waals surface area (Å²) in [5.74, 6) is 0.837. The average molecular weight is 424 g/mol. The van der Waals surface area contributed by atoms with E-state index in [-0.39, 0.29) is 24.0 Å². The van der Waals surface area contributed by atoms with Crippen LogP contribution in [0.15, 0.2) is 53.7 Å². The fraction of sp³-hybridized carbons (Fsp3) is 0.333. The third-order valence-electron chi connectivity index (χ3n) is 3.41. The molecule has 1 aromatic carbocycles. The lowest BCUT2D eigenvalue weighted by molar-refractivity contribution is 0.776. The molecule has 2 N–H and O–H groups in total. The van der Waals surface area contributed by atoms with Gasteiger partial charge in [0.15, 0.2) is 5.96 Å². The lowest BCUT2D eigenvalue weighted by Crippen LogP contribution is -2.39. The van der Waals surface area contributed by atoms with Gasteiger partial charge in [-0.25, -0.2) is 0 Å². The highest BCUT2D eigenvalue weighted by Gasteiger charge is 1.99. The molecule has 0 saturated heterocycles. The maximum Gasteiger partial charge on any atom is 0.190 e. The van der Waals surface area contributed by atoms with Gasteiger partial charge in [-0.2, -0.15) is 0 Å². The summed E-state index contributed by atoms with van der Waals surface area (Å²) in [5.41, 5.74) is 3.73. The number of halogens is 1. The Kier molecular flexibility index (Phi) is 9.28. The van der Waals surface area contributed by atoms with Crippen LogP contribution in [-0.2, 0) is 12.8 Å². The topological polar surface area (TPSA) is 49.3 Å². The largest absolute Gasteiger partial charge is 0.356 e. The number of nitrogens with zero attached hydrogens (tertiary/aromatic N) is 2. The van der Waals surface area contributed by atoms with Gasteiger partial charge in [0.25, 0.3) is 0 Å². The zero-order valence-corrected chi connectivity index (χ0v) is 16.1. The zero-order chi connectivity index (χ0) is 15.6. The number of guanidine groups is 1. The molecule has 0 amide bonds. The molecule has 0 bridgehead atoms. The predicted octanol–water partition coefficient (Wildman–Crippen LogP) is 2.96. The van der Waals surface area contributed by atoms with Crippen molar-refractivity contribution >= 4 is 29.9 Å². The number of rotatable bonds is 6. The Hall–Kier alpha value is -1.63. The third-order valence-corrected chi connectivity index (χ3v) is 3.41. The average Bonchev–Trinajstić information content (AvgIpc) is 2.54. The van der Waals surface area contributed by atoms with E-state index in [4.69, 9.17) is 0 Å². The fourth-order valence-corrected chi connectivity index (χ4v) is 2.27. The monoisotopic (exact) mass is 424 g/mol. The number of pyridine rings is 1. The summed E-state index contributed by atoms with van der Waals surface area (Å²) < 4.78 is 0. The number of hydrogen-bond acceptors (Lipinski definition) is 2. The molecule has 5 heteroatoms. The highest BCUT2D eigenvalue weighted by atomic mass is 127. The van der Waals surface area contributed by atoms with Gasteiger partial charge in [0.2, 0.25) is 0 Å². The highest BCUT2D eigenvalue weighted by Crippen LogP contribution is 2.03. The molecule has 0 aliphatic carbocycles. The lowest BCUT2D eigenvalue weighted by atomic mass is 10.1. The van der Waals surface area contributed by atoms with E-state index in [0.29, 0.717) is 0 Å². The number of nitrogens with one attached hydrogen (secondary N) is 2. The van der Waals surface area contributed by atoms with Gasteiger partial charge in [-0.1, -0.05) is 35.9 Å². The Bertz CT molecular complexity index is 599. The Morgan fingerprint density at radius 1 is 1.04 bits per heavy atom. The second-order valence-corrected chi connectivity index (χ2v) is 5.24. The number of benzene rings is 1. The third kappa shape index (κ3) is 7.45. The van der Waals surface area contributed by atoms with Crippen LogP contribution in [-0.4, -0.2) is 31.1 Å². The van der Waals surface area contributed by atoms with Crippen LogP contribution >= 0.6 is 24.0 Å². The molecule has 0 spiro atoms. The van der Waals surface area contributed by atoms with Crippen molar-refractivity contribution < 1.29 is 0 Å². The summed E-state index contributed by atoms with van der Waals surface area (Å²) in [5, 5.41) is 6.66. The summed E-state index contributed by atoms with van der Waals surface area (Å²) in [4.78, 5) is 8.55. The van der Waals surface area contributed by atoms with Crippen LogP contribution in [0.5, 0.6) is 0 Å². The number of aliphatic imine (C=N–C) groups is 1.